The van der Waals surface area contributed by atoms with Crippen molar-refractivity contribution < 1.29 is 49.6 Å². The van der Waals surface area contributed by atoms with Gasteiger partial charge >= 0.3 is 5.97 Å². The van der Waals surface area contributed by atoms with Crippen LogP contribution in [0.5, 0.6) is 0 Å². The normalized spacial score (nSPS) is 59.1. The van der Waals surface area contributed by atoms with Gasteiger partial charge in [0.15, 0.2) is 6.29 Å². The highest BCUT2D eigenvalue weighted by Gasteiger charge is 2.81. The number of hydrogen-bond donors (Lipinski definition) is 6. The first kappa shape index (κ1) is 33.6. The smallest absolute Gasteiger partial charge is 0.315 e. The maximum atomic E-state index is 14.1. The molecule has 6 N–H and O–H groups in total. The average molecular weight is 651 g/mol. The number of fused-ring (bicyclic) bond motifs is 5. The van der Waals surface area contributed by atoms with Crippen molar-refractivity contribution in [1.29, 1.82) is 0 Å². The van der Waals surface area contributed by atoms with Crippen molar-refractivity contribution >= 4 is 5.97 Å². The van der Waals surface area contributed by atoms with Crippen molar-refractivity contribution in [2.75, 3.05) is 13.2 Å². The number of ether oxygens (including phenoxy) is 3. The van der Waals surface area contributed by atoms with Gasteiger partial charge in [0.25, 0.3) is 0 Å². The van der Waals surface area contributed by atoms with Crippen LogP contribution in [0.15, 0.2) is 0 Å². The summed E-state index contributed by atoms with van der Waals surface area (Å²) in [5, 5.41) is 64.7. The van der Waals surface area contributed by atoms with E-state index >= 15 is 0 Å². The third-order valence-corrected chi connectivity index (χ3v) is 16.5. The first-order chi connectivity index (χ1) is 21.4. The number of esters is 1. The van der Waals surface area contributed by atoms with E-state index in [1.54, 1.807) is 0 Å². The molecule has 10 heteroatoms. The van der Waals surface area contributed by atoms with E-state index in [4.69, 9.17) is 14.2 Å². The fourth-order valence-corrected chi connectivity index (χ4v) is 14.0. The SMILES string of the molecule is CC1(C)OC(=O)[C@]23CC[C@H]1[C@]2(O)CC[C@]1(C)[C@@H]3CC[C@@H]2[C@@]3(C)CC[C@H](O[C@@H]4O[C@H](CO)[C@@H](O)[C@H](O)[C@H]4O)[C@](C)(CO)C3CC[C@]21C. The number of carbonyl (C=O) groups is 1. The number of aliphatic hydroxyl groups excluding tert-OH is 5. The Hall–Kier alpha value is -0.850. The highest BCUT2D eigenvalue weighted by atomic mass is 16.7. The molecule has 0 amide bonds. The van der Waals surface area contributed by atoms with Gasteiger partial charge in [0.2, 0.25) is 0 Å². The molecule has 0 aromatic rings. The quantitative estimate of drug-likeness (QED) is 0.197. The van der Waals surface area contributed by atoms with Crippen LogP contribution in [0.1, 0.15) is 106 Å². The zero-order valence-corrected chi connectivity index (χ0v) is 28.6. The molecular weight excluding hydrogens is 592 g/mol. The maximum absolute atomic E-state index is 14.1. The zero-order chi connectivity index (χ0) is 33.5. The molecule has 7 rings (SSSR count). The monoisotopic (exact) mass is 650 g/mol. The fraction of sp³-hybridized carbons (Fsp3) is 0.972. The van der Waals surface area contributed by atoms with Gasteiger partial charge < -0.3 is 44.8 Å². The molecule has 7 fully saturated rings. The standard InChI is InChI=1S/C36H58O10/c1-30(2)20-10-14-35(29(42)46-30)23-8-7-22-31(3)12-11-24(45-28-27(41)26(40)25(39)19(17-37)44-28)32(4,18-38)21(31)9-13-33(22,5)34(23,6)15-16-36(20,35)43/h19-28,37-41,43H,7-18H2,1-6H3/t19-,20-,21?,22-,23+,24+,25-,26+,27-,28+,31+,32-,33-,34-,35-,36-/m1/s1. The second-order valence-corrected chi connectivity index (χ2v) is 18.1. The minimum Gasteiger partial charge on any atom is -0.459 e. The van der Waals surface area contributed by atoms with Crippen molar-refractivity contribution in [3.63, 3.8) is 0 Å². The molecular formula is C36H58O10. The average Bonchev–Trinajstić information content (AvgIpc) is 3.28. The summed E-state index contributed by atoms with van der Waals surface area (Å²) < 4.78 is 18.3. The summed E-state index contributed by atoms with van der Waals surface area (Å²) >= 11 is 0. The van der Waals surface area contributed by atoms with Crippen molar-refractivity contribution in [2.24, 2.45) is 50.7 Å². The highest BCUT2D eigenvalue weighted by Crippen LogP contribution is 2.80. The Labute approximate surface area is 273 Å². The Morgan fingerprint density at radius 1 is 0.739 bits per heavy atom. The Bertz CT molecular complexity index is 1240. The van der Waals surface area contributed by atoms with Crippen LogP contribution < -0.4 is 0 Å². The molecule has 0 aromatic heterocycles. The van der Waals surface area contributed by atoms with E-state index in [0.717, 1.165) is 44.9 Å². The largest absolute Gasteiger partial charge is 0.459 e. The second kappa shape index (κ2) is 10.3. The van der Waals surface area contributed by atoms with Gasteiger partial charge in [-0.25, -0.2) is 0 Å². The van der Waals surface area contributed by atoms with Crippen molar-refractivity contribution in [1.82, 2.24) is 0 Å². The molecule has 7 aliphatic rings. The summed E-state index contributed by atoms with van der Waals surface area (Å²) in [4.78, 5) is 14.1. The fourth-order valence-electron chi connectivity index (χ4n) is 14.0. The Morgan fingerprint density at radius 3 is 2.07 bits per heavy atom. The summed E-state index contributed by atoms with van der Waals surface area (Å²) in [6.07, 6.45) is 0.861. The van der Waals surface area contributed by atoms with E-state index < -0.39 is 65.4 Å². The van der Waals surface area contributed by atoms with Gasteiger partial charge in [0, 0.05) is 11.3 Å². The Kier molecular flexibility index (Phi) is 7.56. The molecule has 5 aliphatic carbocycles. The van der Waals surface area contributed by atoms with E-state index in [0.29, 0.717) is 25.2 Å². The molecule has 0 radical (unpaired) electrons. The van der Waals surface area contributed by atoms with E-state index in [1.807, 2.05) is 13.8 Å². The molecule has 10 nitrogen and oxygen atoms in total. The van der Waals surface area contributed by atoms with E-state index in [2.05, 4.69) is 27.7 Å². The first-order valence-corrected chi connectivity index (χ1v) is 17.9. The topological polar surface area (TPSA) is 166 Å². The zero-order valence-electron chi connectivity index (χ0n) is 28.6. The van der Waals surface area contributed by atoms with Crippen LogP contribution in [0.3, 0.4) is 0 Å². The van der Waals surface area contributed by atoms with Crippen LogP contribution in [0.25, 0.3) is 0 Å². The number of hydrogen-bond acceptors (Lipinski definition) is 10. The molecule has 46 heavy (non-hydrogen) atoms. The molecule has 0 aromatic carbocycles. The van der Waals surface area contributed by atoms with Gasteiger partial charge in [-0.3, -0.25) is 4.79 Å². The third kappa shape index (κ3) is 3.85. The van der Waals surface area contributed by atoms with E-state index in [1.165, 1.54) is 0 Å². The van der Waals surface area contributed by atoms with Crippen LogP contribution in [-0.4, -0.2) is 97.8 Å². The third-order valence-electron chi connectivity index (χ3n) is 16.5. The molecule has 262 valence electrons. The van der Waals surface area contributed by atoms with Crippen LogP contribution >= 0.6 is 0 Å². The summed E-state index contributed by atoms with van der Waals surface area (Å²) in [6.45, 7) is 12.6. The molecule has 1 unspecified atom stereocenters. The lowest BCUT2D eigenvalue weighted by Crippen LogP contribution is -2.74. The van der Waals surface area contributed by atoms with Crippen molar-refractivity contribution in [3.05, 3.63) is 0 Å². The van der Waals surface area contributed by atoms with Gasteiger partial charge in [-0.05, 0) is 112 Å². The lowest BCUT2D eigenvalue weighted by Gasteiger charge is -2.74. The summed E-state index contributed by atoms with van der Waals surface area (Å²) in [6, 6.07) is 0. The van der Waals surface area contributed by atoms with Crippen LogP contribution in [0.4, 0.5) is 0 Å². The van der Waals surface area contributed by atoms with Gasteiger partial charge in [0.1, 0.15) is 35.4 Å². The number of cyclic esters (lactones) is 1. The van der Waals surface area contributed by atoms with Crippen molar-refractivity contribution in [3.8, 4) is 0 Å². The Balaban J connectivity index is 1.18. The van der Waals surface area contributed by atoms with Gasteiger partial charge in [-0.2, -0.15) is 0 Å². The number of aliphatic hydroxyl groups is 6. The van der Waals surface area contributed by atoms with Gasteiger partial charge in [-0.15, -0.1) is 0 Å². The van der Waals surface area contributed by atoms with Gasteiger partial charge in [-0.1, -0.05) is 27.7 Å². The second-order valence-electron chi connectivity index (χ2n) is 18.1. The maximum Gasteiger partial charge on any atom is 0.315 e. The molecule has 2 heterocycles. The van der Waals surface area contributed by atoms with Crippen LogP contribution in [-0.2, 0) is 19.0 Å². The molecule has 2 aliphatic heterocycles. The lowest BCUT2D eigenvalue weighted by molar-refractivity contribution is -0.337. The predicted octanol–water partition coefficient (Wildman–Crippen LogP) is 2.68. The van der Waals surface area contributed by atoms with Crippen molar-refractivity contribution in [2.45, 2.75) is 154 Å². The molecule has 16 atom stereocenters. The van der Waals surface area contributed by atoms with Crippen LogP contribution in [0, 0.1) is 50.7 Å². The predicted molar refractivity (Wildman–Crippen MR) is 166 cm³/mol. The molecule has 2 bridgehead atoms. The number of carbonyl (C=O) groups excluding carboxylic acids is 1. The Morgan fingerprint density at radius 2 is 1.39 bits per heavy atom. The lowest BCUT2D eigenvalue weighted by atomic mass is 9.31. The van der Waals surface area contributed by atoms with E-state index in [-0.39, 0.29) is 46.6 Å². The minimum atomic E-state index is -1.52. The molecule has 2 saturated heterocycles. The van der Waals surface area contributed by atoms with E-state index in [9.17, 15) is 35.4 Å². The number of rotatable bonds is 4. The molecule has 5 saturated carbocycles. The minimum absolute atomic E-state index is 0.0452. The first-order valence-electron chi connectivity index (χ1n) is 17.9. The summed E-state index contributed by atoms with van der Waals surface area (Å²) in [5.74, 6) is 0.260. The summed E-state index contributed by atoms with van der Waals surface area (Å²) in [5.41, 5.74) is -3.58. The highest BCUT2D eigenvalue weighted by molar-refractivity contribution is 5.82. The van der Waals surface area contributed by atoms with Gasteiger partial charge in [0.05, 0.1) is 24.9 Å². The molecule has 0 spiro atoms. The summed E-state index contributed by atoms with van der Waals surface area (Å²) in [7, 11) is 0. The van der Waals surface area contributed by atoms with Crippen LogP contribution in [0.2, 0.25) is 0 Å².